The number of aliphatic hydroxyl groups excluding tert-OH is 1. The minimum atomic E-state index is -0.227. The molecule has 0 radical (unpaired) electrons. The Labute approximate surface area is 164 Å². The monoisotopic (exact) mass is 376 g/mol. The van der Waals surface area contributed by atoms with Gasteiger partial charge in [0.2, 0.25) is 0 Å². The van der Waals surface area contributed by atoms with Gasteiger partial charge in [0, 0.05) is 30.7 Å². The summed E-state index contributed by atoms with van der Waals surface area (Å²) in [7, 11) is 0. The third-order valence-corrected chi connectivity index (χ3v) is 7.33. The Kier molecular flexibility index (Phi) is 3.44. The predicted octanol–water partition coefficient (Wildman–Crippen LogP) is 3.26. The van der Waals surface area contributed by atoms with Crippen molar-refractivity contribution in [3.8, 4) is 11.1 Å². The van der Waals surface area contributed by atoms with Gasteiger partial charge in [-0.25, -0.2) is 4.79 Å². The number of rotatable bonds is 2. The number of nitrogens with one attached hydrogen (secondary N) is 1. The summed E-state index contributed by atoms with van der Waals surface area (Å²) in [6.07, 6.45) is 3.10. The number of aliphatic hydroxyl groups is 1. The standard InChI is InChI=1S/C23H24N2O3/c26-12-19-20-11-25(13-23(20)8-7-21(19)28-23)22(27)24-16-5-6-18-15(10-16)9-14-3-1-2-4-17(14)18/h1-6,10,19-21,26H,7-9,11-13H2,(H,24,27)/t19-,20+,21+,23+/m0/s1. The molecule has 5 nitrogen and oxygen atoms in total. The lowest BCUT2D eigenvalue weighted by Crippen LogP contribution is -2.38. The number of benzene rings is 2. The number of anilines is 1. The number of carbonyl (C=O) groups excluding carboxylic acids is 1. The molecule has 1 spiro atoms. The van der Waals surface area contributed by atoms with Gasteiger partial charge in [-0.05, 0) is 53.6 Å². The van der Waals surface area contributed by atoms with E-state index >= 15 is 0 Å². The highest BCUT2D eigenvalue weighted by Crippen LogP contribution is 2.54. The highest BCUT2D eigenvalue weighted by atomic mass is 16.5. The lowest BCUT2D eigenvalue weighted by Gasteiger charge is -2.27. The van der Waals surface area contributed by atoms with Crippen molar-refractivity contribution >= 4 is 11.7 Å². The molecule has 5 heteroatoms. The summed E-state index contributed by atoms with van der Waals surface area (Å²) in [4.78, 5) is 14.8. The summed E-state index contributed by atoms with van der Waals surface area (Å²) in [5.74, 6) is 0.432. The molecule has 2 aromatic carbocycles. The van der Waals surface area contributed by atoms with Crippen LogP contribution in [-0.4, -0.2) is 47.4 Å². The van der Waals surface area contributed by atoms with E-state index in [-0.39, 0.29) is 36.2 Å². The first-order valence-corrected chi connectivity index (χ1v) is 10.2. The molecule has 4 atom stereocenters. The van der Waals surface area contributed by atoms with Gasteiger partial charge in [-0.2, -0.15) is 0 Å². The molecule has 28 heavy (non-hydrogen) atoms. The van der Waals surface area contributed by atoms with Crippen LogP contribution in [-0.2, 0) is 11.2 Å². The quantitative estimate of drug-likeness (QED) is 0.722. The Hall–Kier alpha value is -2.37. The van der Waals surface area contributed by atoms with Crippen LogP contribution in [0, 0.1) is 11.8 Å². The van der Waals surface area contributed by atoms with Gasteiger partial charge in [0.05, 0.1) is 18.2 Å². The van der Waals surface area contributed by atoms with E-state index in [0.29, 0.717) is 13.1 Å². The van der Waals surface area contributed by atoms with E-state index in [1.54, 1.807) is 0 Å². The number of hydrogen-bond donors (Lipinski definition) is 2. The van der Waals surface area contributed by atoms with Crippen molar-refractivity contribution in [3.05, 3.63) is 53.6 Å². The molecule has 3 heterocycles. The molecular weight excluding hydrogens is 352 g/mol. The second-order valence-electron chi connectivity index (χ2n) is 8.73. The van der Waals surface area contributed by atoms with Crippen LogP contribution in [0.2, 0.25) is 0 Å². The lowest BCUT2D eigenvalue weighted by atomic mass is 9.74. The normalized spacial score (nSPS) is 31.6. The van der Waals surface area contributed by atoms with Crippen LogP contribution in [0.5, 0.6) is 0 Å². The van der Waals surface area contributed by atoms with E-state index in [1.807, 2.05) is 11.0 Å². The van der Waals surface area contributed by atoms with Gasteiger partial charge in [-0.15, -0.1) is 0 Å². The number of fused-ring (bicyclic) bond motifs is 4. The first-order valence-electron chi connectivity index (χ1n) is 10.2. The highest BCUT2D eigenvalue weighted by Gasteiger charge is 2.63. The van der Waals surface area contributed by atoms with Gasteiger partial charge in [0.15, 0.2) is 0 Å². The first-order chi connectivity index (χ1) is 13.7. The van der Waals surface area contributed by atoms with E-state index < -0.39 is 0 Å². The van der Waals surface area contributed by atoms with E-state index in [9.17, 15) is 9.90 Å². The maximum Gasteiger partial charge on any atom is 0.321 e. The van der Waals surface area contributed by atoms with Crippen molar-refractivity contribution in [1.29, 1.82) is 0 Å². The second-order valence-corrected chi connectivity index (χ2v) is 8.73. The molecule has 2 bridgehead atoms. The molecule has 3 saturated heterocycles. The number of urea groups is 1. The smallest absolute Gasteiger partial charge is 0.321 e. The summed E-state index contributed by atoms with van der Waals surface area (Å²) < 4.78 is 6.23. The number of ether oxygens (including phenoxy) is 1. The zero-order valence-electron chi connectivity index (χ0n) is 15.7. The predicted molar refractivity (Wildman–Crippen MR) is 106 cm³/mol. The third-order valence-electron chi connectivity index (χ3n) is 7.33. The van der Waals surface area contributed by atoms with Crippen molar-refractivity contribution in [2.75, 3.05) is 25.0 Å². The second kappa shape index (κ2) is 5.82. The molecular formula is C23H24N2O3. The Morgan fingerprint density at radius 2 is 2.07 bits per heavy atom. The zero-order valence-corrected chi connectivity index (χ0v) is 15.7. The summed E-state index contributed by atoms with van der Waals surface area (Å²) in [6, 6.07) is 14.6. The van der Waals surface area contributed by atoms with Crippen molar-refractivity contribution in [1.82, 2.24) is 4.90 Å². The molecule has 2 aromatic rings. The summed E-state index contributed by atoms with van der Waals surface area (Å²) in [5, 5.41) is 12.8. The molecule has 3 fully saturated rings. The maximum absolute atomic E-state index is 12.9. The Bertz CT molecular complexity index is 974. The van der Waals surface area contributed by atoms with Crippen molar-refractivity contribution < 1.29 is 14.6 Å². The molecule has 0 unspecified atom stereocenters. The van der Waals surface area contributed by atoms with Crippen molar-refractivity contribution in [2.24, 2.45) is 11.8 Å². The SMILES string of the molecule is O=C(Nc1ccc2c(c1)Cc1ccccc1-2)N1C[C@@H]2[C@H](CO)[C@H]3CC[C@]2(C1)O3. The molecule has 144 valence electrons. The highest BCUT2D eigenvalue weighted by molar-refractivity contribution is 5.91. The Morgan fingerprint density at radius 1 is 1.21 bits per heavy atom. The van der Waals surface area contributed by atoms with E-state index in [2.05, 4.69) is 41.7 Å². The van der Waals surface area contributed by atoms with Crippen LogP contribution in [0.1, 0.15) is 24.0 Å². The fraction of sp³-hybridized carbons (Fsp3) is 0.435. The topological polar surface area (TPSA) is 61.8 Å². The van der Waals surface area contributed by atoms with Gasteiger partial charge in [-0.3, -0.25) is 0 Å². The van der Waals surface area contributed by atoms with Gasteiger partial charge in [0.25, 0.3) is 0 Å². The van der Waals surface area contributed by atoms with Gasteiger partial charge in [-0.1, -0.05) is 30.3 Å². The average Bonchev–Trinajstić information content (AvgIpc) is 3.44. The number of nitrogens with zero attached hydrogens (tertiary/aromatic N) is 1. The molecule has 1 aliphatic carbocycles. The summed E-state index contributed by atoms with van der Waals surface area (Å²) in [6.45, 7) is 1.45. The molecule has 3 aliphatic heterocycles. The van der Waals surface area contributed by atoms with Crippen molar-refractivity contribution in [3.63, 3.8) is 0 Å². The van der Waals surface area contributed by atoms with Crippen LogP contribution in [0.15, 0.2) is 42.5 Å². The van der Waals surface area contributed by atoms with Crippen LogP contribution in [0.4, 0.5) is 10.5 Å². The maximum atomic E-state index is 12.9. The van der Waals surface area contributed by atoms with Crippen LogP contribution in [0.3, 0.4) is 0 Å². The zero-order chi connectivity index (χ0) is 18.9. The fourth-order valence-electron chi connectivity index (χ4n) is 6.01. The van der Waals surface area contributed by atoms with Crippen LogP contribution in [0.25, 0.3) is 11.1 Å². The molecule has 0 saturated carbocycles. The average molecular weight is 376 g/mol. The van der Waals surface area contributed by atoms with Crippen LogP contribution >= 0.6 is 0 Å². The van der Waals surface area contributed by atoms with Gasteiger partial charge < -0.3 is 20.1 Å². The number of likely N-dealkylation sites (tertiary alicyclic amines) is 1. The van der Waals surface area contributed by atoms with Crippen molar-refractivity contribution in [2.45, 2.75) is 31.0 Å². The molecule has 2 N–H and O–H groups in total. The van der Waals surface area contributed by atoms with E-state index in [1.165, 1.54) is 22.3 Å². The molecule has 4 aliphatic rings. The van der Waals surface area contributed by atoms with E-state index in [4.69, 9.17) is 4.74 Å². The fourth-order valence-corrected chi connectivity index (χ4v) is 6.01. The first kappa shape index (κ1) is 16.6. The minimum absolute atomic E-state index is 0.0667. The number of carbonyl (C=O) groups is 1. The molecule has 0 aromatic heterocycles. The van der Waals surface area contributed by atoms with Gasteiger partial charge in [0.1, 0.15) is 0 Å². The minimum Gasteiger partial charge on any atom is -0.396 e. The summed E-state index contributed by atoms with van der Waals surface area (Å²) in [5.41, 5.74) is 5.78. The van der Waals surface area contributed by atoms with Crippen LogP contribution < -0.4 is 5.32 Å². The van der Waals surface area contributed by atoms with Gasteiger partial charge >= 0.3 is 6.03 Å². The molecule has 6 rings (SSSR count). The Morgan fingerprint density at radius 3 is 2.96 bits per heavy atom. The Balaban J connectivity index is 1.19. The lowest BCUT2D eigenvalue weighted by molar-refractivity contribution is 0.00434. The third kappa shape index (κ3) is 2.23. The molecule has 2 amide bonds. The summed E-state index contributed by atoms with van der Waals surface area (Å²) >= 11 is 0. The number of amides is 2. The van der Waals surface area contributed by atoms with E-state index in [0.717, 1.165) is 24.9 Å². The largest absolute Gasteiger partial charge is 0.396 e. The number of hydrogen-bond acceptors (Lipinski definition) is 3.